The first kappa shape index (κ1) is 14.5. The quantitative estimate of drug-likeness (QED) is 0.871. The summed E-state index contributed by atoms with van der Waals surface area (Å²) in [7, 11) is 2.80. The lowest BCUT2D eigenvalue weighted by Crippen LogP contribution is -2.13. The van der Waals surface area contributed by atoms with Gasteiger partial charge in [0.25, 0.3) is 5.91 Å². The van der Waals surface area contributed by atoms with Gasteiger partial charge in [0.1, 0.15) is 0 Å². The molecular weight excluding hydrogens is 272 g/mol. The molecule has 1 N–H and O–H groups in total. The zero-order valence-corrected chi connectivity index (χ0v) is 11.6. The number of amides is 1. The van der Waals surface area contributed by atoms with Gasteiger partial charge >= 0.3 is 5.97 Å². The molecule has 0 atom stereocenters. The van der Waals surface area contributed by atoms with Crippen molar-refractivity contribution in [3.8, 4) is 5.88 Å². The molecule has 0 aliphatic carbocycles. The molecule has 0 aliphatic heterocycles. The number of rotatable bonds is 4. The number of nitrogens with one attached hydrogen (secondary N) is 1. The van der Waals surface area contributed by atoms with Crippen LogP contribution in [0.25, 0.3) is 0 Å². The number of ether oxygens (including phenoxy) is 2. The van der Waals surface area contributed by atoms with Crippen molar-refractivity contribution in [2.24, 2.45) is 0 Å². The van der Waals surface area contributed by atoms with E-state index >= 15 is 0 Å². The second kappa shape index (κ2) is 6.51. The summed E-state index contributed by atoms with van der Waals surface area (Å²) in [6.07, 6.45) is 1.42. The smallest absolute Gasteiger partial charge is 0.337 e. The summed E-state index contributed by atoms with van der Waals surface area (Å²) in [6.45, 7) is 0. The average molecular weight is 286 g/mol. The van der Waals surface area contributed by atoms with Gasteiger partial charge in [0, 0.05) is 18.0 Å². The Balaban J connectivity index is 2.13. The van der Waals surface area contributed by atoms with Gasteiger partial charge in [-0.3, -0.25) is 4.79 Å². The fourth-order valence-corrected chi connectivity index (χ4v) is 1.68. The first-order chi connectivity index (χ1) is 10.1. The first-order valence-electron chi connectivity index (χ1n) is 6.14. The molecule has 1 amide bonds. The maximum atomic E-state index is 12.1. The van der Waals surface area contributed by atoms with Crippen LogP contribution in [0.2, 0.25) is 0 Å². The van der Waals surface area contributed by atoms with Gasteiger partial charge in [0.2, 0.25) is 5.88 Å². The molecule has 0 bridgehead atoms. The summed E-state index contributed by atoms with van der Waals surface area (Å²) in [4.78, 5) is 27.5. The van der Waals surface area contributed by atoms with E-state index in [1.165, 1.54) is 20.4 Å². The van der Waals surface area contributed by atoms with Gasteiger partial charge in [0.15, 0.2) is 0 Å². The number of nitrogens with zero attached hydrogens (tertiary/aromatic N) is 1. The van der Waals surface area contributed by atoms with Crippen molar-refractivity contribution < 1.29 is 19.1 Å². The van der Waals surface area contributed by atoms with Crippen molar-refractivity contribution in [3.63, 3.8) is 0 Å². The number of aromatic nitrogens is 1. The van der Waals surface area contributed by atoms with Gasteiger partial charge in [0.05, 0.1) is 25.3 Å². The van der Waals surface area contributed by atoms with E-state index in [0.717, 1.165) is 0 Å². The predicted octanol–water partition coefficient (Wildman–Crippen LogP) is 2.13. The van der Waals surface area contributed by atoms with Crippen LogP contribution in [0.3, 0.4) is 0 Å². The summed E-state index contributed by atoms with van der Waals surface area (Å²) in [6, 6.07) is 9.69. The Morgan fingerprint density at radius 1 is 1.10 bits per heavy atom. The van der Waals surface area contributed by atoms with Crippen LogP contribution in [0.4, 0.5) is 5.69 Å². The monoisotopic (exact) mass is 286 g/mol. The number of carbonyl (C=O) groups is 2. The molecule has 0 saturated carbocycles. The third-order valence-corrected chi connectivity index (χ3v) is 2.75. The molecule has 0 unspecified atom stereocenters. The van der Waals surface area contributed by atoms with Crippen LogP contribution in [0, 0.1) is 0 Å². The van der Waals surface area contributed by atoms with E-state index in [2.05, 4.69) is 15.0 Å². The fourth-order valence-electron chi connectivity index (χ4n) is 1.68. The summed E-state index contributed by atoms with van der Waals surface area (Å²) >= 11 is 0. The summed E-state index contributed by atoms with van der Waals surface area (Å²) in [5, 5.41) is 2.69. The van der Waals surface area contributed by atoms with Crippen LogP contribution in [0.15, 0.2) is 42.6 Å². The highest BCUT2D eigenvalue weighted by atomic mass is 16.5. The molecule has 1 aromatic heterocycles. The van der Waals surface area contributed by atoms with Crippen LogP contribution < -0.4 is 10.1 Å². The molecule has 0 saturated heterocycles. The standard InChI is InChI=1S/C15H14N2O4/c1-20-13-7-6-11(9-16-13)14(18)17-12-5-3-4-10(8-12)15(19)21-2/h3-9H,1-2H3,(H,17,18). The van der Waals surface area contributed by atoms with Crippen LogP contribution >= 0.6 is 0 Å². The van der Waals surface area contributed by atoms with Crippen LogP contribution in [0.5, 0.6) is 5.88 Å². The highest BCUT2D eigenvalue weighted by Gasteiger charge is 2.09. The van der Waals surface area contributed by atoms with Crippen molar-refractivity contribution in [1.29, 1.82) is 0 Å². The molecule has 0 fully saturated rings. The van der Waals surface area contributed by atoms with Crippen molar-refractivity contribution in [1.82, 2.24) is 4.98 Å². The number of esters is 1. The van der Waals surface area contributed by atoms with Gasteiger partial charge in [-0.1, -0.05) is 6.07 Å². The molecule has 21 heavy (non-hydrogen) atoms. The Bertz CT molecular complexity index is 653. The maximum Gasteiger partial charge on any atom is 0.337 e. The van der Waals surface area contributed by atoms with Crippen molar-refractivity contribution >= 4 is 17.6 Å². The molecule has 1 aromatic carbocycles. The number of anilines is 1. The van der Waals surface area contributed by atoms with Crippen LogP contribution in [0.1, 0.15) is 20.7 Å². The molecule has 0 aliphatic rings. The third kappa shape index (κ3) is 3.56. The van der Waals surface area contributed by atoms with Crippen LogP contribution in [-0.4, -0.2) is 31.1 Å². The largest absolute Gasteiger partial charge is 0.481 e. The zero-order valence-electron chi connectivity index (χ0n) is 11.6. The minimum Gasteiger partial charge on any atom is -0.481 e. The van der Waals surface area contributed by atoms with E-state index in [9.17, 15) is 9.59 Å². The molecule has 0 spiro atoms. The van der Waals surface area contributed by atoms with E-state index in [0.29, 0.717) is 22.7 Å². The molecule has 6 heteroatoms. The molecule has 2 rings (SSSR count). The minimum absolute atomic E-state index is 0.327. The summed E-state index contributed by atoms with van der Waals surface area (Å²) in [5.41, 5.74) is 1.25. The number of pyridine rings is 1. The Kier molecular flexibility index (Phi) is 4.50. The number of carbonyl (C=O) groups excluding carboxylic acids is 2. The van der Waals surface area contributed by atoms with Crippen LogP contribution in [-0.2, 0) is 4.74 Å². The fraction of sp³-hybridized carbons (Fsp3) is 0.133. The normalized spacial score (nSPS) is 9.81. The highest BCUT2D eigenvalue weighted by molar-refractivity contribution is 6.04. The average Bonchev–Trinajstić information content (AvgIpc) is 2.54. The Morgan fingerprint density at radius 2 is 1.90 bits per heavy atom. The second-order valence-electron chi connectivity index (χ2n) is 4.12. The molecule has 0 radical (unpaired) electrons. The van der Waals surface area contributed by atoms with Crippen molar-refractivity contribution in [3.05, 3.63) is 53.7 Å². The number of benzene rings is 1. The van der Waals surface area contributed by atoms with E-state index < -0.39 is 5.97 Å². The molecule has 6 nitrogen and oxygen atoms in total. The summed E-state index contributed by atoms with van der Waals surface area (Å²) in [5.74, 6) is -0.358. The molecule has 1 heterocycles. The summed E-state index contributed by atoms with van der Waals surface area (Å²) < 4.78 is 9.56. The Labute approximate surface area is 121 Å². The van der Waals surface area contributed by atoms with Gasteiger partial charge in [-0.15, -0.1) is 0 Å². The highest BCUT2D eigenvalue weighted by Crippen LogP contribution is 2.14. The third-order valence-electron chi connectivity index (χ3n) is 2.75. The molecule has 2 aromatic rings. The lowest BCUT2D eigenvalue weighted by molar-refractivity contribution is 0.0600. The lowest BCUT2D eigenvalue weighted by atomic mass is 10.2. The van der Waals surface area contributed by atoms with E-state index in [1.54, 1.807) is 36.4 Å². The van der Waals surface area contributed by atoms with Gasteiger partial charge in [-0.2, -0.15) is 0 Å². The van der Waals surface area contributed by atoms with E-state index in [-0.39, 0.29) is 5.91 Å². The van der Waals surface area contributed by atoms with E-state index in [1.807, 2.05) is 0 Å². The number of hydrogen-bond donors (Lipinski definition) is 1. The predicted molar refractivity (Wildman–Crippen MR) is 76.5 cm³/mol. The number of hydrogen-bond acceptors (Lipinski definition) is 5. The zero-order chi connectivity index (χ0) is 15.2. The van der Waals surface area contributed by atoms with Gasteiger partial charge < -0.3 is 14.8 Å². The topological polar surface area (TPSA) is 77.5 Å². The van der Waals surface area contributed by atoms with Crippen molar-refractivity contribution in [2.75, 3.05) is 19.5 Å². The molecular formula is C15H14N2O4. The van der Waals surface area contributed by atoms with Gasteiger partial charge in [-0.05, 0) is 24.3 Å². The first-order valence-corrected chi connectivity index (χ1v) is 6.14. The SMILES string of the molecule is COC(=O)c1cccc(NC(=O)c2ccc(OC)nc2)c1. The maximum absolute atomic E-state index is 12.1. The van der Waals surface area contributed by atoms with Gasteiger partial charge in [-0.25, -0.2) is 9.78 Å². The Hall–Kier alpha value is -2.89. The Morgan fingerprint density at radius 3 is 2.52 bits per heavy atom. The van der Waals surface area contributed by atoms with Crippen molar-refractivity contribution in [2.45, 2.75) is 0 Å². The second-order valence-corrected chi connectivity index (χ2v) is 4.12. The molecule has 108 valence electrons. The number of methoxy groups -OCH3 is 2. The van der Waals surface area contributed by atoms with E-state index in [4.69, 9.17) is 4.74 Å². The minimum atomic E-state index is -0.461. The lowest BCUT2D eigenvalue weighted by Gasteiger charge is -2.07.